The molecule has 4 rings (SSSR count). The van der Waals surface area contributed by atoms with Gasteiger partial charge in [-0.1, -0.05) is 93.9 Å². The Morgan fingerprint density at radius 3 is 1.92 bits per heavy atom. The minimum absolute atomic E-state index is 1.08. The van der Waals surface area contributed by atoms with Crippen LogP contribution in [0.15, 0.2) is 79.0 Å². The third-order valence-corrected chi connectivity index (χ3v) is 3.77. The Labute approximate surface area is 158 Å². The molecule has 0 aliphatic rings. The molecular weight excluding hydrogens is 314 g/mol. The van der Waals surface area contributed by atoms with E-state index in [2.05, 4.69) is 67.4 Å². The molecule has 0 aliphatic carbocycles. The van der Waals surface area contributed by atoms with E-state index in [1.807, 2.05) is 58.2 Å². The standard InChI is InChI=1S/C11H10.C10H9N.2C2H6/c1-9-6-7-10-4-2-3-5-11(10)8-9;1-8-6-7-11-10-5-3-2-4-9(8)10;2*1-2/h2-8H,1H3;2-7H,1H3;2*1-2H3. The summed E-state index contributed by atoms with van der Waals surface area (Å²) >= 11 is 0. The van der Waals surface area contributed by atoms with Crippen LogP contribution in [-0.2, 0) is 0 Å². The minimum Gasteiger partial charge on any atom is -0.256 e. The maximum absolute atomic E-state index is 4.24. The zero-order chi connectivity index (χ0) is 19.4. The molecule has 0 radical (unpaired) electrons. The van der Waals surface area contributed by atoms with Gasteiger partial charge in [0.2, 0.25) is 0 Å². The maximum Gasteiger partial charge on any atom is 0.0704 e. The van der Waals surface area contributed by atoms with Crippen LogP contribution in [0.1, 0.15) is 38.8 Å². The first-order chi connectivity index (χ1) is 12.7. The van der Waals surface area contributed by atoms with Crippen LogP contribution in [0.3, 0.4) is 0 Å². The highest BCUT2D eigenvalue weighted by Crippen LogP contribution is 2.15. The normalized spacial score (nSPS) is 9.15. The summed E-state index contributed by atoms with van der Waals surface area (Å²) < 4.78 is 0. The molecule has 1 aromatic heterocycles. The zero-order valence-corrected chi connectivity index (χ0v) is 17.0. The van der Waals surface area contributed by atoms with Gasteiger partial charge in [-0.2, -0.15) is 0 Å². The van der Waals surface area contributed by atoms with Gasteiger partial charge in [0.1, 0.15) is 0 Å². The highest BCUT2D eigenvalue weighted by Gasteiger charge is 1.93. The fourth-order valence-corrected chi connectivity index (χ4v) is 2.55. The minimum atomic E-state index is 1.08. The van der Waals surface area contributed by atoms with Crippen LogP contribution in [-0.4, -0.2) is 4.98 Å². The van der Waals surface area contributed by atoms with Crippen molar-refractivity contribution in [2.45, 2.75) is 41.5 Å². The summed E-state index contributed by atoms with van der Waals surface area (Å²) in [6.07, 6.45) is 1.84. The van der Waals surface area contributed by atoms with Gasteiger partial charge in [0.15, 0.2) is 0 Å². The molecule has 4 aromatic rings. The molecule has 3 aromatic carbocycles. The molecule has 0 saturated heterocycles. The van der Waals surface area contributed by atoms with Crippen LogP contribution >= 0.6 is 0 Å². The van der Waals surface area contributed by atoms with E-state index < -0.39 is 0 Å². The molecule has 0 saturated carbocycles. The number of aromatic nitrogens is 1. The van der Waals surface area contributed by atoms with E-state index in [1.54, 1.807) is 0 Å². The fraction of sp³-hybridized carbons (Fsp3) is 0.240. The predicted octanol–water partition coefficient (Wildman–Crippen LogP) is 7.74. The molecule has 0 fully saturated rings. The Kier molecular flexibility index (Phi) is 9.71. The fourth-order valence-electron chi connectivity index (χ4n) is 2.55. The monoisotopic (exact) mass is 345 g/mol. The Hall–Kier alpha value is -2.67. The van der Waals surface area contributed by atoms with Crippen LogP contribution in [0, 0.1) is 13.8 Å². The molecule has 26 heavy (non-hydrogen) atoms. The Morgan fingerprint density at radius 2 is 1.23 bits per heavy atom. The topological polar surface area (TPSA) is 12.9 Å². The van der Waals surface area contributed by atoms with Crippen molar-refractivity contribution in [1.82, 2.24) is 4.98 Å². The average molecular weight is 346 g/mol. The van der Waals surface area contributed by atoms with E-state index in [0.29, 0.717) is 0 Å². The van der Waals surface area contributed by atoms with Crippen LogP contribution < -0.4 is 0 Å². The first-order valence-corrected chi connectivity index (χ1v) is 9.50. The lowest BCUT2D eigenvalue weighted by molar-refractivity contribution is 1.37. The molecule has 0 amide bonds. The van der Waals surface area contributed by atoms with Gasteiger partial charge in [-0.25, -0.2) is 0 Å². The van der Waals surface area contributed by atoms with E-state index in [4.69, 9.17) is 0 Å². The summed E-state index contributed by atoms with van der Waals surface area (Å²) in [6.45, 7) is 12.2. The van der Waals surface area contributed by atoms with Crippen molar-refractivity contribution >= 4 is 21.7 Å². The zero-order valence-electron chi connectivity index (χ0n) is 17.0. The molecule has 1 heterocycles. The molecule has 1 nitrogen and oxygen atoms in total. The molecular formula is C25H31N. The Morgan fingerprint density at radius 1 is 0.615 bits per heavy atom. The van der Waals surface area contributed by atoms with Gasteiger partial charge >= 0.3 is 0 Å². The number of hydrogen-bond acceptors (Lipinski definition) is 1. The second kappa shape index (κ2) is 11.8. The summed E-state index contributed by atoms with van der Waals surface area (Å²) in [6, 6.07) is 25.1. The number of aryl methyl sites for hydroxylation is 2. The lowest BCUT2D eigenvalue weighted by Gasteiger charge is -1.97. The SMILES string of the molecule is CC.CC.Cc1ccc2ccccc2c1.Cc1ccnc2ccccc12. The second-order valence-electron chi connectivity index (χ2n) is 5.50. The van der Waals surface area contributed by atoms with Crippen molar-refractivity contribution in [3.8, 4) is 0 Å². The Balaban J connectivity index is 0.000000219. The third-order valence-electron chi connectivity index (χ3n) is 3.77. The van der Waals surface area contributed by atoms with Crippen LogP contribution in [0.5, 0.6) is 0 Å². The van der Waals surface area contributed by atoms with E-state index in [9.17, 15) is 0 Å². The molecule has 136 valence electrons. The quantitative estimate of drug-likeness (QED) is 0.317. The van der Waals surface area contributed by atoms with Gasteiger partial charge in [-0.15, -0.1) is 0 Å². The lowest BCUT2D eigenvalue weighted by Crippen LogP contribution is -1.79. The number of pyridine rings is 1. The summed E-state index contributed by atoms with van der Waals surface area (Å²) in [7, 11) is 0. The van der Waals surface area contributed by atoms with Gasteiger partial charge < -0.3 is 0 Å². The van der Waals surface area contributed by atoms with Gasteiger partial charge in [0.25, 0.3) is 0 Å². The predicted molar refractivity (Wildman–Crippen MR) is 118 cm³/mol. The highest BCUT2D eigenvalue weighted by atomic mass is 14.6. The summed E-state index contributed by atoms with van der Waals surface area (Å²) in [5.74, 6) is 0. The molecule has 0 spiro atoms. The summed E-state index contributed by atoms with van der Waals surface area (Å²) in [5.41, 5.74) is 3.69. The van der Waals surface area contributed by atoms with E-state index in [-0.39, 0.29) is 0 Å². The molecule has 0 unspecified atom stereocenters. The van der Waals surface area contributed by atoms with Gasteiger partial charge in [0, 0.05) is 11.6 Å². The molecule has 1 heteroatoms. The van der Waals surface area contributed by atoms with Crippen molar-refractivity contribution in [2.75, 3.05) is 0 Å². The molecule has 0 atom stereocenters. The number of para-hydroxylation sites is 1. The molecule has 0 bridgehead atoms. The molecule has 0 aliphatic heterocycles. The number of nitrogens with zero attached hydrogens (tertiary/aromatic N) is 1. The molecule has 0 N–H and O–H groups in total. The lowest BCUT2D eigenvalue weighted by atomic mass is 10.1. The third kappa shape index (κ3) is 6.00. The smallest absolute Gasteiger partial charge is 0.0704 e. The van der Waals surface area contributed by atoms with Crippen molar-refractivity contribution < 1.29 is 0 Å². The van der Waals surface area contributed by atoms with Gasteiger partial charge in [-0.05, 0) is 42.3 Å². The first kappa shape index (κ1) is 21.4. The van der Waals surface area contributed by atoms with Crippen LogP contribution in [0.2, 0.25) is 0 Å². The van der Waals surface area contributed by atoms with E-state index in [1.165, 1.54) is 27.3 Å². The highest BCUT2D eigenvalue weighted by molar-refractivity contribution is 5.83. The van der Waals surface area contributed by atoms with Crippen LogP contribution in [0.4, 0.5) is 0 Å². The summed E-state index contributed by atoms with van der Waals surface area (Å²) in [4.78, 5) is 4.24. The Bertz CT molecular complexity index is 898. The van der Waals surface area contributed by atoms with E-state index >= 15 is 0 Å². The average Bonchev–Trinajstić information content (AvgIpc) is 2.72. The van der Waals surface area contributed by atoms with Crippen molar-refractivity contribution in [3.63, 3.8) is 0 Å². The van der Waals surface area contributed by atoms with E-state index in [0.717, 1.165) is 5.52 Å². The number of benzene rings is 3. The number of fused-ring (bicyclic) bond motifs is 2. The van der Waals surface area contributed by atoms with Crippen molar-refractivity contribution in [2.24, 2.45) is 0 Å². The second-order valence-corrected chi connectivity index (χ2v) is 5.50. The van der Waals surface area contributed by atoms with Crippen LogP contribution in [0.25, 0.3) is 21.7 Å². The van der Waals surface area contributed by atoms with Crippen molar-refractivity contribution in [3.05, 3.63) is 90.1 Å². The summed E-state index contributed by atoms with van der Waals surface area (Å²) in [5, 5.41) is 3.89. The largest absolute Gasteiger partial charge is 0.256 e. The van der Waals surface area contributed by atoms with Crippen molar-refractivity contribution in [1.29, 1.82) is 0 Å². The number of hydrogen-bond donors (Lipinski definition) is 0. The van der Waals surface area contributed by atoms with Gasteiger partial charge in [-0.3, -0.25) is 4.98 Å². The first-order valence-electron chi connectivity index (χ1n) is 9.50. The number of rotatable bonds is 0. The van der Waals surface area contributed by atoms with Gasteiger partial charge in [0.05, 0.1) is 5.52 Å². The maximum atomic E-state index is 4.24.